The highest BCUT2D eigenvalue weighted by Gasteiger charge is 2.21. The first-order chi connectivity index (χ1) is 25.9. The molecular formula is C39H26N10O4. The van der Waals surface area contributed by atoms with Gasteiger partial charge in [0.15, 0.2) is 11.6 Å². The normalized spacial score (nSPS) is 11.0. The number of aryl methyl sites for hydroxylation is 1. The molecule has 0 fully saturated rings. The van der Waals surface area contributed by atoms with Crippen LogP contribution in [-0.4, -0.2) is 41.7 Å². The van der Waals surface area contributed by atoms with E-state index in [1.807, 2.05) is 66.7 Å². The number of fused-ring (bicyclic) bond motifs is 2. The first-order valence-electron chi connectivity index (χ1n) is 16.3. The van der Waals surface area contributed by atoms with E-state index in [2.05, 4.69) is 38.2 Å². The van der Waals surface area contributed by atoms with Gasteiger partial charge in [-0.25, -0.2) is 0 Å². The Hall–Kier alpha value is -7.84. The molecule has 14 nitrogen and oxygen atoms in total. The van der Waals surface area contributed by atoms with Gasteiger partial charge in [0.1, 0.15) is 17.5 Å². The van der Waals surface area contributed by atoms with Crippen LogP contribution in [0, 0.1) is 29.6 Å². The predicted molar refractivity (Wildman–Crippen MR) is 193 cm³/mol. The lowest BCUT2D eigenvalue weighted by Crippen LogP contribution is -2.13. The molecule has 0 aliphatic heterocycles. The Balaban J connectivity index is 1.07. The summed E-state index contributed by atoms with van der Waals surface area (Å²) in [6.07, 6.45) is 1.27. The van der Waals surface area contributed by atoms with Crippen LogP contribution in [0.2, 0.25) is 0 Å². The summed E-state index contributed by atoms with van der Waals surface area (Å²) >= 11 is 0. The largest absolute Gasteiger partial charge is 0.364 e. The second-order valence-corrected chi connectivity index (χ2v) is 12.2. The van der Waals surface area contributed by atoms with Gasteiger partial charge < -0.3 is 19.7 Å². The van der Waals surface area contributed by atoms with Crippen molar-refractivity contribution in [1.29, 1.82) is 10.5 Å². The number of para-hydroxylation sites is 1. The molecule has 4 aromatic heterocycles. The molecule has 0 unspecified atom stereocenters. The number of carbonyl (C=O) groups is 2. The molecule has 0 saturated heterocycles. The van der Waals surface area contributed by atoms with E-state index in [1.54, 1.807) is 40.6 Å². The van der Waals surface area contributed by atoms with Crippen LogP contribution in [0.5, 0.6) is 0 Å². The SMILES string of the molecule is Cc1nocc1C(=O)Nc1nn(Cc2ccc(C#N)cc2)c2ccc(-c3cc(C(=O)Nc4nn(Cc5ccc(C#N)cc5)c5ccccc45)on3)cc12. The number of hydrogen-bond acceptors (Lipinski definition) is 10. The summed E-state index contributed by atoms with van der Waals surface area (Å²) in [5, 5.41) is 42.8. The van der Waals surface area contributed by atoms with E-state index in [4.69, 9.17) is 19.4 Å². The summed E-state index contributed by atoms with van der Waals surface area (Å²) in [5.41, 5.74) is 6.22. The quantitative estimate of drug-likeness (QED) is 0.164. The van der Waals surface area contributed by atoms with Crippen molar-refractivity contribution in [3.63, 3.8) is 0 Å². The lowest BCUT2D eigenvalue weighted by atomic mass is 10.1. The van der Waals surface area contributed by atoms with Crippen LogP contribution in [0.1, 0.15) is 48.9 Å². The van der Waals surface area contributed by atoms with Crippen LogP contribution in [-0.2, 0) is 13.1 Å². The van der Waals surface area contributed by atoms with Crippen molar-refractivity contribution < 1.29 is 18.6 Å². The number of nitriles is 2. The molecule has 53 heavy (non-hydrogen) atoms. The highest BCUT2D eigenvalue weighted by Crippen LogP contribution is 2.31. The van der Waals surface area contributed by atoms with Crippen molar-refractivity contribution in [2.75, 3.05) is 10.6 Å². The number of rotatable bonds is 9. The molecule has 0 radical (unpaired) electrons. The minimum atomic E-state index is -0.536. The summed E-state index contributed by atoms with van der Waals surface area (Å²) < 4.78 is 14.0. The fourth-order valence-corrected chi connectivity index (χ4v) is 5.98. The van der Waals surface area contributed by atoms with Gasteiger partial charge in [-0.1, -0.05) is 52.8 Å². The number of nitrogens with one attached hydrogen (secondary N) is 2. The molecule has 14 heteroatoms. The third-order valence-corrected chi connectivity index (χ3v) is 8.73. The zero-order chi connectivity index (χ0) is 36.5. The minimum Gasteiger partial charge on any atom is -0.364 e. The molecule has 8 rings (SSSR count). The second kappa shape index (κ2) is 13.5. The van der Waals surface area contributed by atoms with E-state index in [-0.39, 0.29) is 11.3 Å². The Morgan fingerprint density at radius 1 is 0.717 bits per heavy atom. The van der Waals surface area contributed by atoms with E-state index in [9.17, 15) is 14.9 Å². The fourth-order valence-electron chi connectivity index (χ4n) is 5.98. The highest BCUT2D eigenvalue weighted by molar-refractivity contribution is 6.09. The standard InChI is InChI=1S/C39H26N10O4/c1-23-31(22-52-46-23)38(50)42-37-30-16-28(14-15-34(30)49(45-37)21-27-12-8-25(19-41)9-13-27)32-17-35(53-47-32)39(51)43-36-29-4-2-3-5-33(29)48(44-36)20-26-10-6-24(18-40)7-11-26/h2-17,22H,20-21H2,1H3,(H,42,45,50)(H,43,44,51). The number of amides is 2. The topological polar surface area (TPSA) is 193 Å². The van der Waals surface area contributed by atoms with Gasteiger partial charge in [0, 0.05) is 22.4 Å². The number of nitrogens with zero attached hydrogens (tertiary/aromatic N) is 8. The van der Waals surface area contributed by atoms with Crippen molar-refractivity contribution in [3.05, 3.63) is 143 Å². The highest BCUT2D eigenvalue weighted by atomic mass is 16.5. The minimum absolute atomic E-state index is 0.0289. The van der Waals surface area contributed by atoms with Gasteiger partial charge in [-0.05, 0) is 66.6 Å². The Morgan fingerprint density at radius 3 is 1.94 bits per heavy atom. The number of hydrogen-bond donors (Lipinski definition) is 2. The predicted octanol–water partition coefficient (Wildman–Crippen LogP) is 6.68. The second-order valence-electron chi connectivity index (χ2n) is 12.2. The molecule has 0 spiro atoms. The van der Waals surface area contributed by atoms with Gasteiger partial charge >= 0.3 is 0 Å². The van der Waals surface area contributed by atoms with Gasteiger partial charge in [0.2, 0.25) is 5.76 Å². The first kappa shape index (κ1) is 32.4. The van der Waals surface area contributed by atoms with E-state index in [0.29, 0.717) is 58.2 Å². The molecule has 0 aliphatic rings. The van der Waals surface area contributed by atoms with Crippen LogP contribution >= 0.6 is 0 Å². The van der Waals surface area contributed by atoms with E-state index < -0.39 is 11.8 Å². The van der Waals surface area contributed by atoms with Gasteiger partial charge in [-0.3, -0.25) is 19.0 Å². The third-order valence-electron chi connectivity index (χ3n) is 8.73. The zero-order valence-corrected chi connectivity index (χ0v) is 27.9. The Kier molecular flexibility index (Phi) is 8.22. The van der Waals surface area contributed by atoms with Gasteiger partial charge in [0.05, 0.1) is 53.1 Å². The number of anilines is 2. The Bertz CT molecular complexity index is 2760. The lowest BCUT2D eigenvalue weighted by Gasteiger charge is -2.04. The summed E-state index contributed by atoms with van der Waals surface area (Å²) in [7, 11) is 0. The van der Waals surface area contributed by atoms with Crippen LogP contribution in [0.15, 0.2) is 112 Å². The summed E-state index contributed by atoms with van der Waals surface area (Å²) in [4.78, 5) is 26.6. The number of aromatic nitrogens is 6. The summed E-state index contributed by atoms with van der Waals surface area (Å²) in [5.74, 6) is -0.348. The molecular weight excluding hydrogens is 672 g/mol. The van der Waals surface area contributed by atoms with Crippen LogP contribution in [0.25, 0.3) is 33.1 Å². The number of benzene rings is 4. The number of carbonyl (C=O) groups excluding carboxylic acids is 2. The maximum atomic E-state index is 13.5. The third kappa shape index (κ3) is 6.35. The Labute approximate surface area is 300 Å². The maximum absolute atomic E-state index is 13.5. The smallest absolute Gasteiger partial charge is 0.295 e. The van der Waals surface area contributed by atoms with Gasteiger partial charge in [-0.2, -0.15) is 20.7 Å². The molecule has 4 aromatic carbocycles. The van der Waals surface area contributed by atoms with Gasteiger partial charge in [0.25, 0.3) is 11.8 Å². The first-order valence-corrected chi connectivity index (χ1v) is 16.3. The van der Waals surface area contributed by atoms with Crippen molar-refractivity contribution in [2.45, 2.75) is 20.0 Å². The van der Waals surface area contributed by atoms with Crippen molar-refractivity contribution in [1.82, 2.24) is 29.9 Å². The molecule has 4 heterocycles. The van der Waals surface area contributed by atoms with E-state index >= 15 is 0 Å². The molecule has 0 saturated carbocycles. The van der Waals surface area contributed by atoms with E-state index in [0.717, 1.165) is 27.5 Å². The molecule has 2 amide bonds. The van der Waals surface area contributed by atoms with Crippen LogP contribution in [0.4, 0.5) is 11.6 Å². The fraction of sp³-hybridized carbons (Fsp3) is 0.0769. The average molecular weight is 699 g/mol. The summed E-state index contributed by atoms with van der Waals surface area (Å²) in [6.45, 7) is 2.47. The Morgan fingerprint density at radius 2 is 1.32 bits per heavy atom. The monoisotopic (exact) mass is 698 g/mol. The van der Waals surface area contributed by atoms with Crippen LogP contribution in [0.3, 0.4) is 0 Å². The molecule has 0 aliphatic carbocycles. The molecule has 2 N–H and O–H groups in total. The molecule has 0 atom stereocenters. The molecule has 256 valence electrons. The lowest BCUT2D eigenvalue weighted by molar-refractivity contribution is 0.0986. The van der Waals surface area contributed by atoms with Crippen molar-refractivity contribution in [2.24, 2.45) is 0 Å². The molecule has 0 bridgehead atoms. The van der Waals surface area contributed by atoms with Crippen molar-refractivity contribution in [3.8, 4) is 23.4 Å². The van der Waals surface area contributed by atoms with E-state index in [1.165, 1.54) is 12.3 Å². The van der Waals surface area contributed by atoms with Gasteiger partial charge in [-0.15, -0.1) is 0 Å². The summed E-state index contributed by atoms with van der Waals surface area (Å²) in [6, 6.07) is 33.2. The van der Waals surface area contributed by atoms with Crippen LogP contribution < -0.4 is 10.6 Å². The zero-order valence-electron chi connectivity index (χ0n) is 27.9. The molecule has 8 aromatic rings. The maximum Gasteiger partial charge on any atom is 0.295 e. The average Bonchev–Trinajstić information content (AvgIpc) is 3.99. The van der Waals surface area contributed by atoms with Crippen molar-refractivity contribution >= 4 is 45.3 Å².